The summed E-state index contributed by atoms with van der Waals surface area (Å²) < 4.78 is 15.5. The van der Waals surface area contributed by atoms with Gasteiger partial charge in [0.1, 0.15) is 17.6 Å². The van der Waals surface area contributed by atoms with Crippen LogP contribution in [0.4, 0.5) is 0 Å². The molecule has 0 saturated carbocycles. The number of aliphatic hydroxyl groups is 1. The molecule has 6 nitrogen and oxygen atoms in total. The first-order chi connectivity index (χ1) is 13.5. The van der Waals surface area contributed by atoms with E-state index in [1.54, 1.807) is 25.5 Å². The summed E-state index contributed by atoms with van der Waals surface area (Å²) in [5.41, 5.74) is 1.63. The van der Waals surface area contributed by atoms with Crippen molar-refractivity contribution in [2.24, 2.45) is 0 Å². The Morgan fingerprint density at radius 3 is 2.61 bits per heavy atom. The zero-order chi connectivity index (χ0) is 20.1. The third-order valence-corrected chi connectivity index (χ3v) is 4.72. The highest BCUT2D eigenvalue weighted by Gasteiger charge is 2.17. The van der Waals surface area contributed by atoms with E-state index in [-0.39, 0.29) is 12.0 Å². The van der Waals surface area contributed by atoms with E-state index in [9.17, 15) is 9.90 Å². The molecular weight excluding hydrogens is 358 g/mol. The van der Waals surface area contributed by atoms with Crippen LogP contribution in [-0.4, -0.2) is 37.9 Å². The van der Waals surface area contributed by atoms with E-state index >= 15 is 0 Å². The zero-order valence-corrected chi connectivity index (χ0v) is 16.3. The van der Waals surface area contributed by atoms with Crippen molar-refractivity contribution in [3.05, 3.63) is 65.6 Å². The second-order valence-electron chi connectivity index (χ2n) is 6.77. The summed E-state index contributed by atoms with van der Waals surface area (Å²) in [5.74, 6) is 0.947. The van der Waals surface area contributed by atoms with Gasteiger partial charge in [-0.1, -0.05) is 12.1 Å². The SMILES string of the molecule is COC(=O)c1ccc(CC(C)NCC(O)c2occ3cc(OC)ccc23)cc1. The molecule has 0 amide bonds. The molecule has 148 valence electrons. The monoisotopic (exact) mass is 383 g/mol. The van der Waals surface area contributed by atoms with E-state index in [2.05, 4.69) is 5.32 Å². The predicted molar refractivity (Wildman–Crippen MR) is 107 cm³/mol. The summed E-state index contributed by atoms with van der Waals surface area (Å²) in [4.78, 5) is 11.5. The van der Waals surface area contributed by atoms with Gasteiger partial charge in [0.15, 0.2) is 0 Å². The van der Waals surface area contributed by atoms with Gasteiger partial charge in [0, 0.05) is 23.4 Å². The summed E-state index contributed by atoms with van der Waals surface area (Å²) in [7, 11) is 2.98. The van der Waals surface area contributed by atoms with Crippen LogP contribution in [-0.2, 0) is 11.2 Å². The second kappa shape index (κ2) is 8.91. The molecule has 3 aromatic rings. The van der Waals surface area contributed by atoms with Gasteiger partial charge in [0.25, 0.3) is 0 Å². The molecular formula is C22H25NO5. The number of rotatable bonds is 8. The van der Waals surface area contributed by atoms with Crippen LogP contribution in [0.2, 0.25) is 0 Å². The van der Waals surface area contributed by atoms with Crippen LogP contribution in [0.25, 0.3) is 10.8 Å². The van der Waals surface area contributed by atoms with E-state index in [1.807, 2.05) is 37.3 Å². The fraction of sp³-hybridized carbons (Fsp3) is 0.318. The average molecular weight is 383 g/mol. The molecule has 2 aromatic carbocycles. The summed E-state index contributed by atoms with van der Waals surface area (Å²) in [6.07, 6.45) is 1.64. The topological polar surface area (TPSA) is 80.9 Å². The molecule has 6 heteroatoms. The first-order valence-electron chi connectivity index (χ1n) is 9.15. The largest absolute Gasteiger partial charge is 0.497 e. The minimum Gasteiger partial charge on any atom is -0.497 e. The Morgan fingerprint density at radius 1 is 1.18 bits per heavy atom. The highest BCUT2D eigenvalue weighted by molar-refractivity contribution is 5.89. The van der Waals surface area contributed by atoms with Crippen LogP contribution in [0.15, 0.2) is 53.1 Å². The van der Waals surface area contributed by atoms with Crippen LogP contribution in [0.3, 0.4) is 0 Å². The number of esters is 1. The van der Waals surface area contributed by atoms with E-state index in [0.717, 1.165) is 28.5 Å². The Kier molecular flexibility index (Phi) is 6.34. The molecule has 0 fully saturated rings. The number of benzene rings is 2. The minimum absolute atomic E-state index is 0.139. The standard InChI is InChI=1S/C22H25NO5/c1-14(10-15-4-6-16(7-5-15)22(25)27-3)23-12-20(24)21-19-9-8-18(26-2)11-17(19)13-28-21/h4-9,11,13-14,20,23-24H,10,12H2,1-3H3. The third-order valence-electron chi connectivity index (χ3n) is 4.72. The molecule has 0 aliphatic carbocycles. The van der Waals surface area contributed by atoms with Crippen LogP contribution in [0.1, 0.15) is 34.7 Å². The Bertz CT molecular complexity index is 932. The summed E-state index contributed by atoms with van der Waals surface area (Å²) in [6.45, 7) is 2.42. The lowest BCUT2D eigenvalue weighted by Gasteiger charge is -2.16. The Balaban J connectivity index is 1.57. The number of carbonyl (C=O) groups excluding carboxylic acids is 1. The fourth-order valence-electron chi connectivity index (χ4n) is 3.16. The van der Waals surface area contributed by atoms with Gasteiger partial charge in [-0.25, -0.2) is 4.79 Å². The molecule has 3 rings (SSSR count). The number of carbonyl (C=O) groups is 1. The summed E-state index contributed by atoms with van der Waals surface area (Å²) in [5, 5.41) is 15.6. The van der Waals surface area contributed by atoms with Crippen LogP contribution < -0.4 is 10.1 Å². The van der Waals surface area contributed by atoms with Gasteiger partial charge in [-0.05, 0) is 49.2 Å². The molecule has 0 aliphatic heterocycles. The molecule has 0 bridgehead atoms. The number of methoxy groups -OCH3 is 2. The lowest BCUT2D eigenvalue weighted by Crippen LogP contribution is -2.32. The molecule has 1 aromatic heterocycles. The van der Waals surface area contributed by atoms with Crippen LogP contribution in [0, 0.1) is 0 Å². The molecule has 1 heterocycles. The first-order valence-corrected chi connectivity index (χ1v) is 9.15. The molecule has 0 aliphatic rings. The Labute approximate surface area is 164 Å². The van der Waals surface area contributed by atoms with E-state index in [1.165, 1.54) is 7.11 Å². The molecule has 2 N–H and O–H groups in total. The van der Waals surface area contributed by atoms with Gasteiger partial charge in [-0.15, -0.1) is 0 Å². The second-order valence-corrected chi connectivity index (χ2v) is 6.77. The van der Waals surface area contributed by atoms with Gasteiger partial charge in [0.05, 0.1) is 26.0 Å². The summed E-state index contributed by atoms with van der Waals surface area (Å²) in [6, 6.07) is 13.1. The van der Waals surface area contributed by atoms with Crippen molar-refractivity contribution in [2.75, 3.05) is 20.8 Å². The first kappa shape index (κ1) is 19.9. The number of fused-ring (bicyclic) bond motifs is 1. The van der Waals surface area contributed by atoms with Crippen LogP contribution >= 0.6 is 0 Å². The maximum Gasteiger partial charge on any atom is 0.337 e. The van der Waals surface area contributed by atoms with Crippen LogP contribution in [0.5, 0.6) is 5.75 Å². The Hall–Kier alpha value is -2.83. The number of hydrogen-bond donors (Lipinski definition) is 2. The highest BCUT2D eigenvalue weighted by atomic mass is 16.5. The lowest BCUT2D eigenvalue weighted by molar-refractivity contribution is 0.0600. The van der Waals surface area contributed by atoms with Gasteiger partial charge < -0.3 is 24.3 Å². The van der Waals surface area contributed by atoms with Gasteiger partial charge in [-0.3, -0.25) is 0 Å². The van der Waals surface area contributed by atoms with Crippen molar-refractivity contribution in [1.82, 2.24) is 5.32 Å². The molecule has 0 saturated heterocycles. The smallest absolute Gasteiger partial charge is 0.337 e. The number of ether oxygens (including phenoxy) is 2. The van der Waals surface area contributed by atoms with Crippen molar-refractivity contribution in [1.29, 1.82) is 0 Å². The van der Waals surface area contributed by atoms with Crippen molar-refractivity contribution in [3.8, 4) is 5.75 Å². The number of furan rings is 1. The number of aliphatic hydroxyl groups excluding tert-OH is 1. The molecule has 0 spiro atoms. The lowest BCUT2D eigenvalue weighted by atomic mass is 10.0. The molecule has 28 heavy (non-hydrogen) atoms. The van der Waals surface area contributed by atoms with E-state index in [4.69, 9.17) is 13.9 Å². The maximum atomic E-state index is 11.5. The fourth-order valence-corrected chi connectivity index (χ4v) is 3.16. The number of nitrogens with one attached hydrogen (secondary N) is 1. The third kappa shape index (κ3) is 4.52. The number of hydrogen-bond acceptors (Lipinski definition) is 6. The molecule has 0 radical (unpaired) electrons. The van der Waals surface area contributed by atoms with Crippen molar-refractivity contribution in [3.63, 3.8) is 0 Å². The van der Waals surface area contributed by atoms with Crippen molar-refractivity contribution >= 4 is 16.7 Å². The quantitative estimate of drug-likeness (QED) is 0.580. The highest BCUT2D eigenvalue weighted by Crippen LogP contribution is 2.29. The molecule has 2 atom stereocenters. The predicted octanol–water partition coefficient (Wildman–Crippen LogP) is 3.48. The maximum absolute atomic E-state index is 11.5. The van der Waals surface area contributed by atoms with Crippen molar-refractivity contribution < 1.29 is 23.8 Å². The van der Waals surface area contributed by atoms with Crippen molar-refractivity contribution in [2.45, 2.75) is 25.5 Å². The van der Waals surface area contributed by atoms with E-state index in [0.29, 0.717) is 17.9 Å². The zero-order valence-electron chi connectivity index (χ0n) is 16.3. The van der Waals surface area contributed by atoms with Gasteiger partial charge in [0.2, 0.25) is 0 Å². The molecule has 2 unspecified atom stereocenters. The van der Waals surface area contributed by atoms with Gasteiger partial charge in [-0.2, -0.15) is 0 Å². The normalized spacial score (nSPS) is 13.3. The van der Waals surface area contributed by atoms with Gasteiger partial charge >= 0.3 is 5.97 Å². The van der Waals surface area contributed by atoms with E-state index < -0.39 is 6.10 Å². The minimum atomic E-state index is -0.755. The summed E-state index contributed by atoms with van der Waals surface area (Å²) >= 11 is 0. The average Bonchev–Trinajstić information content (AvgIpc) is 3.15. The Morgan fingerprint density at radius 2 is 1.93 bits per heavy atom.